The van der Waals surface area contributed by atoms with Crippen LogP contribution < -0.4 is 0 Å². The third kappa shape index (κ3) is 3.35. The van der Waals surface area contributed by atoms with Crippen molar-refractivity contribution in [3.8, 4) is 0 Å². The number of aliphatic hydroxyl groups excluding tert-OH is 1. The lowest BCUT2D eigenvalue weighted by molar-refractivity contribution is -0.149. The fourth-order valence-corrected chi connectivity index (χ4v) is 1.44. The van der Waals surface area contributed by atoms with Crippen molar-refractivity contribution in [1.29, 1.82) is 0 Å². The van der Waals surface area contributed by atoms with E-state index in [9.17, 15) is 4.79 Å². The first-order chi connectivity index (χ1) is 5.77. The highest BCUT2D eigenvalue weighted by molar-refractivity contribution is 5.73. The Kier molecular flexibility index (Phi) is 3.91. The summed E-state index contributed by atoms with van der Waals surface area (Å²) in [6, 6.07) is 0. The Labute approximate surface area is 79.8 Å². The van der Waals surface area contributed by atoms with Crippen LogP contribution in [0.2, 0.25) is 0 Å². The van der Waals surface area contributed by atoms with Gasteiger partial charge in [-0.3, -0.25) is 4.79 Å². The summed E-state index contributed by atoms with van der Waals surface area (Å²) < 4.78 is 0. The highest BCUT2D eigenvalue weighted by Gasteiger charge is 2.35. The molecule has 1 atom stereocenters. The number of carboxylic acid groups (broad SMARTS) is 1. The number of rotatable bonds is 5. The fourth-order valence-electron chi connectivity index (χ4n) is 1.44. The molecule has 13 heavy (non-hydrogen) atoms. The molecule has 3 heteroatoms. The number of carbonyl (C=O) groups is 1. The molecule has 0 saturated heterocycles. The summed E-state index contributed by atoms with van der Waals surface area (Å²) in [4.78, 5) is 10.8. The van der Waals surface area contributed by atoms with Crippen LogP contribution in [0.4, 0.5) is 0 Å². The van der Waals surface area contributed by atoms with Gasteiger partial charge >= 0.3 is 5.97 Å². The summed E-state index contributed by atoms with van der Waals surface area (Å²) in [5.74, 6) is -0.805. The molecule has 78 valence electrons. The molecule has 0 aliphatic carbocycles. The molecule has 0 aliphatic rings. The van der Waals surface area contributed by atoms with Gasteiger partial charge in [-0.2, -0.15) is 0 Å². The molecule has 0 aromatic heterocycles. The first-order valence-electron chi connectivity index (χ1n) is 4.62. The van der Waals surface area contributed by atoms with Crippen LogP contribution in [0.3, 0.4) is 0 Å². The van der Waals surface area contributed by atoms with E-state index in [0.29, 0.717) is 6.42 Å². The summed E-state index contributed by atoms with van der Waals surface area (Å²) in [5.41, 5.74) is -1.03. The summed E-state index contributed by atoms with van der Waals surface area (Å²) in [5, 5.41) is 18.1. The average molecular weight is 188 g/mol. The van der Waals surface area contributed by atoms with Crippen molar-refractivity contribution >= 4 is 5.97 Å². The van der Waals surface area contributed by atoms with Crippen LogP contribution in [0.25, 0.3) is 0 Å². The van der Waals surface area contributed by atoms with Crippen molar-refractivity contribution in [1.82, 2.24) is 0 Å². The minimum absolute atomic E-state index is 0.0419. The Morgan fingerprint density at radius 3 is 2.00 bits per heavy atom. The van der Waals surface area contributed by atoms with Gasteiger partial charge in [0.2, 0.25) is 0 Å². The molecule has 0 aromatic rings. The molecular formula is C10H20O3. The lowest BCUT2D eigenvalue weighted by Gasteiger charge is -2.32. The molecule has 3 nitrogen and oxygen atoms in total. The van der Waals surface area contributed by atoms with Gasteiger partial charge in [0.25, 0.3) is 0 Å². The van der Waals surface area contributed by atoms with E-state index < -0.39 is 11.4 Å². The highest BCUT2D eigenvalue weighted by atomic mass is 16.4. The third-order valence-corrected chi connectivity index (χ3v) is 2.68. The summed E-state index contributed by atoms with van der Waals surface area (Å²) in [6.07, 6.45) is 1.29. The van der Waals surface area contributed by atoms with Crippen molar-refractivity contribution in [2.75, 3.05) is 6.61 Å². The SMILES string of the molecule is CCC(C)(CO)CC(C)(C)C(=O)O. The van der Waals surface area contributed by atoms with Gasteiger partial charge in [0.1, 0.15) is 0 Å². The van der Waals surface area contributed by atoms with E-state index in [-0.39, 0.29) is 12.0 Å². The monoisotopic (exact) mass is 188 g/mol. The normalized spacial score (nSPS) is 16.7. The van der Waals surface area contributed by atoms with E-state index in [0.717, 1.165) is 6.42 Å². The quantitative estimate of drug-likeness (QED) is 0.692. The summed E-state index contributed by atoms with van der Waals surface area (Å²) >= 11 is 0. The molecule has 2 N–H and O–H groups in total. The molecule has 0 rings (SSSR count). The molecular weight excluding hydrogens is 168 g/mol. The molecule has 0 bridgehead atoms. The fraction of sp³-hybridized carbons (Fsp3) is 0.900. The molecule has 0 aliphatic heterocycles. The van der Waals surface area contributed by atoms with E-state index in [1.165, 1.54) is 0 Å². The zero-order chi connectivity index (χ0) is 10.7. The number of hydrogen-bond acceptors (Lipinski definition) is 2. The largest absolute Gasteiger partial charge is 0.481 e. The first kappa shape index (κ1) is 12.4. The Bertz CT molecular complexity index is 181. The maximum absolute atomic E-state index is 10.8. The maximum atomic E-state index is 10.8. The van der Waals surface area contributed by atoms with Crippen LogP contribution >= 0.6 is 0 Å². The van der Waals surface area contributed by atoms with E-state index in [1.807, 2.05) is 13.8 Å². The molecule has 0 aromatic carbocycles. The zero-order valence-corrected chi connectivity index (χ0v) is 8.92. The predicted molar refractivity (Wildman–Crippen MR) is 51.5 cm³/mol. The van der Waals surface area contributed by atoms with Gasteiger partial charge < -0.3 is 10.2 Å². The maximum Gasteiger partial charge on any atom is 0.309 e. The molecule has 1 unspecified atom stereocenters. The second-order valence-corrected chi connectivity index (χ2v) is 4.69. The van der Waals surface area contributed by atoms with Crippen molar-refractivity contribution < 1.29 is 15.0 Å². The van der Waals surface area contributed by atoms with Crippen molar-refractivity contribution in [2.45, 2.75) is 40.5 Å². The summed E-state index contributed by atoms with van der Waals surface area (Å²) in [6.45, 7) is 7.31. The number of aliphatic hydroxyl groups is 1. The van der Waals surface area contributed by atoms with Gasteiger partial charge in [0.15, 0.2) is 0 Å². The van der Waals surface area contributed by atoms with Crippen LogP contribution in [0.15, 0.2) is 0 Å². The van der Waals surface area contributed by atoms with E-state index in [2.05, 4.69) is 0 Å². The van der Waals surface area contributed by atoms with Gasteiger partial charge in [-0.1, -0.05) is 13.8 Å². The number of aliphatic carboxylic acids is 1. The van der Waals surface area contributed by atoms with Crippen LogP contribution in [-0.2, 0) is 4.79 Å². The minimum Gasteiger partial charge on any atom is -0.481 e. The molecule has 0 radical (unpaired) electrons. The van der Waals surface area contributed by atoms with Gasteiger partial charge in [0.05, 0.1) is 5.41 Å². The molecule has 0 spiro atoms. The van der Waals surface area contributed by atoms with Crippen molar-refractivity contribution in [3.05, 3.63) is 0 Å². The molecule has 0 amide bonds. The minimum atomic E-state index is -0.805. The van der Waals surface area contributed by atoms with Gasteiger partial charge in [0, 0.05) is 6.61 Å². The molecule has 0 heterocycles. The van der Waals surface area contributed by atoms with Crippen molar-refractivity contribution in [2.24, 2.45) is 10.8 Å². The molecule has 0 saturated carbocycles. The second kappa shape index (κ2) is 4.09. The van der Waals surface area contributed by atoms with E-state index in [4.69, 9.17) is 10.2 Å². The standard InChI is InChI=1S/C10H20O3/c1-5-10(4,7-11)6-9(2,3)8(12)13/h11H,5-7H2,1-4H3,(H,12,13). The topological polar surface area (TPSA) is 57.5 Å². The average Bonchev–Trinajstić information content (AvgIpc) is 2.03. The number of carboxylic acids is 1. The lowest BCUT2D eigenvalue weighted by atomic mass is 9.73. The Balaban J connectivity index is 4.48. The third-order valence-electron chi connectivity index (χ3n) is 2.68. The predicted octanol–water partition coefficient (Wildman–Crippen LogP) is 1.90. The zero-order valence-electron chi connectivity index (χ0n) is 8.92. The smallest absolute Gasteiger partial charge is 0.309 e. The van der Waals surface area contributed by atoms with Crippen molar-refractivity contribution in [3.63, 3.8) is 0 Å². The Morgan fingerprint density at radius 2 is 1.77 bits per heavy atom. The Morgan fingerprint density at radius 1 is 1.31 bits per heavy atom. The van der Waals surface area contributed by atoms with Gasteiger partial charge in [-0.05, 0) is 32.1 Å². The second-order valence-electron chi connectivity index (χ2n) is 4.69. The van der Waals surface area contributed by atoms with Crippen LogP contribution in [0, 0.1) is 10.8 Å². The van der Waals surface area contributed by atoms with Crippen LogP contribution in [0.5, 0.6) is 0 Å². The van der Waals surface area contributed by atoms with E-state index >= 15 is 0 Å². The lowest BCUT2D eigenvalue weighted by Crippen LogP contribution is -2.33. The van der Waals surface area contributed by atoms with E-state index in [1.54, 1.807) is 13.8 Å². The molecule has 0 fully saturated rings. The van der Waals surface area contributed by atoms with Gasteiger partial charge in [-0.15, -0.1) is 0 Å². The van der Waals surface area contributed by atoms with Crippen LogP contribution in [0.1, 0.15) is 40.5 Å². The number of hydrogen-bond donors (Lipinski definition) is 2. The summed E-state index contributed by atoms with van der Waals surface area (Å²) in [7, 11) is 0. The van der Waals surface area contributed by atoms with Crippen LogP contribution in [-0.4, -0.2) is 22.8 Å². The van der Waals surface area contributed by atoms with Gasteiger partial charge in [-0.25, -0.2) is 0 Å². The Hall–Kier alpha value is -0.570. The first-order valence-corrected chi connectivity index (χ1v) is 4.62. The highest BCUT2D eigenvalue weighted by Crippen LogP contribution is 2.36.